The molecule has 1 atom stereocenters. The van der Waals surface area contributed by atoms with Gasteiger partial charge in [0.2, 0.25) is 11.8 Å². The lowest BCUT2D eigenvalue weighted by Crippen LogP contribution is -2.31. The largest absolute Gasteiger partial charge is 0.469 e. The average molecular weight is 297 g/mol. The van der Waals surface area contributed by atoms with Crippen LogP contribution in [-0.2, 0) is 16.0 Å². The summed E-state index contributed by atoms with van der Waals surface area (Å²) in [4.78, 5) is 24.8. The van der Waals surface area contributed by atoms with Gasteiger partial charge in [0.1, 0.15) is 5.76 Å². The maximum Gasteiger partial charge on any atom is 0.229 e. The fourth-order valence-electron chi connectivity index (χ4n) is 2.92. The molecule has 0 spiro atoms. The summed E-state index contributed by atoms with van der Waals surface area (Å²) in [7, 11) is 0. The van der Waals surface area contributed by atoms with E-state index >= 15 is 0 Å². The number of carbonyl (C=O) groups is 2. The van der Waals surface area contributed by atoms with Crippen LogP contribution in [0.3, 0.4) is 0 Å². The first-order valence-electron chi connectivity index (χ1n) is 7.64. The molecule has 1 fully saturated rings. The molecule has 4 nitrogen and oxygen atoms in total. The third-order valence-corrected chi connectivity index (χ3v) is 4.13. The van der Waals surface area contributed by atoms with Gasteiger partial charge < -0.3 is 4.42 Å². The van der Waals surface area contributed by atoms with Crippen LogP contribution in [-0.4, -0.2) is 23.3 Å². The summed E-state index contributed by atoms with van der Waals surface area (Å²) in [5.41, 5.74) is 1.22. The van der Waals surface area contributed by atoms with Crippen molar-refractivity contribution < 1.29 is 14.0 Å². The Labute approximate surface area is 129 Å². The van der Waals surface area contributed by atoms with Crippen molar-refractivity contribution in [3.05, 3.63) is 60.1 Å². The number of imide groups is 1. The second kappa shape index (κ2) is 6.60. The highest BCUT2D eigenvalue weighted by Crippen LogP contribution is 2.26. The van der Waals surface area contributed by atoms with Crippen molar-refractivity contribution in [1.82, 2.24) is 4.90 Å². The number of furan rings is 1. The summed E-state index contributed by atoms with van der Waals surface area (Å²) in [6.45, 7) is 0.468. The summed E-state index contributed by atoms with van der Waals surface area (Å²) in [5.74, 6) is 0.965. The molecule has 1 saturated heterocycles. The van der Waals surface area contributed by atoms with E-state index in [2.05, 4.69) is 12.1 Å². The maximum absolute atomic E-state index is 11.7. The van der Waals surface area contributed by atoms with Gasteiger partial charge in [-0.1, -0.05) is 30.3 Å². The van der Waals surface area contributed by atoms with Crippen molar-refractivity contribution in [2.75, 3.05) is 6.54 Å². The van der Waals surface area contributed by atoms with Crippen LogP contribution in [0.15, 0.2) is 53.1 Å². The fraction of sp³-hybridized carbons (Fsp3) is 0.333. The molecular weight excluding hydrogens is 278 g/mol. The Kier molecular flexibility index (Phi) is 4.37. The molecule has 0 N–H and O–H groups in total. The van der Waals surface area contributed by atoms with E-state index in [1.165, 1.54) is 10.5 Å². The van der Waals surface area contributed by atoms with E-state index in [4.69, 9.17) is 4.42 Å². The molecule has 0 unspecified atom stereocenters. The normalized spacial score (nSPS) is 16.3. The van der Waals surface area contributed by atoms with Crippen LogP contribution in [0.25, 0.3) is 0 Å². The molecule has 2 aromatic rings. The van der Waals surface area contributed by atoms with Crippen molar-refractivity contribution in [2.24, 2.45) is 0 Å². The highest BCUT2D eigenvalue weighted by molar-refractivity contribution is 6.01. The molecular formula is C18H19NO3. The van der Waals surface area contributed by atoms with Gasteiger partial charge in [-0.05, 0) is 30.5 Å². The van der Waals surface area contributed by atoms with Crippen LogP contribution < -0.4 is 0 Å². The highest BCUT2D eigenvalue weighted by atomic mass is 16.3. The van der Waals surface area contributed by atoms with Gasteiger partial charge in [0.05, 0.1) is 6.26 Å². The number of nitrogens with zero attached hydrogens (tertiary/aromatic N) is 1. The van der Waals surface area contributed by atoms with E-state index in [1.54, 1.807) is 6.26 Å². The Balaban J connectivity index is 1.69. The quantitative estimate of drug-likeness (QED) is 0.770. The Morgan fingerprint density at radius 2 is 1.73 bits per heavy atom. The second-order valence-corrected chi connectivity index (χ2v) is 5.63. The first-order valence-corrected chi connectivity index (χ1v) is 7.64. The first-order chi connectivity index (χ1) is 10.7. The van der Waals surface area contributed by atoms with Gasteiger partial charge in [0.25, 0.3) is 0 Å². The predicted octanol–water partition coefficient (Wildman–Crippen LogP) is 3.15. The van der Waals surface area contributed by atoms with Gasteiger partial charge in [0.15, 0.2) is 0 Å². The number of benzene rings is 1. The SMILES string of the molecule is O=C1CCC(=O)N1CC[C@H](Cc1ccccc1)c1ccco1. The standard InChI is InChI=1S/C18H19NO3/c20-17-8-9-18(21)19(17)11-10-15(16-7-4-12-22-16)13-14-5-2-1-3-6-14/h1-7,12,15H,8-11,13H2/t15-/m1/s1. The van der Waals surface area contributed by atoms with E-state index in [0.29, 0.717) is 19.4 Å². The molecule has 0 bridgehead atoms. The molecule has 2 heterocycles. The van der Waals surface area contributed by atoms with Crippen molar-refractivity contribution in [1.29, 1.82) is 0 Å². The molecule has 4 heteroatoms. The smallest absolute Gasteiger partial charge is 0.229 e. The minimum atomic E-state index is -0.0529. The molecule has 2 amide bonds. The molecule has 3 rings (SSSR count). The minimum Gasteiger partial charge on any atom is -0.469 e. The highest BCUT2D eigenvalue weighted by Gasteiger charge is 2.29. The van der Waals surface area contributed by atoms with Gasteiger partial charge in [-0.15, -0.1) is 0 Å². The van der Waals surface area contributed by atoms with Crippen molar-refractivity contribution in [3.63, 3.8) is 0 Å². The number of hydrogen-bond acceptors (Lipinski definition) is 3. The van der Waals surface area contributed by atoms with E-state index in [0.717, 1.165) is 18.6 Å². The molecule has 1 aliphatic rings. The minimum absolute atomic E-state index is 0.0529. The van der Waals surface area contributed by atoms with E-state index in [1.807, 2.05) is 30.3 Å². The Bertz CT molecular complexity index is 618. The van der Waals surface area contributed by atoms with Crippen LogP contribution in [0.5, 0.6) is 0 Å². The molecule has 0 saturated carbocycles. The van der Waals surface area contributed by atoms with Crippen molar-refractivity contribution in [2.45, 2.75) is 31.6 Å². The third-order valence-electron chi connectivity index (χ3n) is 4.13. The summed E-state index contributed by atoms with van der Waals surface area (Å²) in [5, 5.41) is 0. The lowest BCUT2D eigenvalue weighted by Gasteiger charge is -2.19. The first kappa shape index (κ1) is 14.6. The lowest BCUT2D eigenvalue weighted by molar-refractivity contribution is -0.138. The van der Waals surface area contributed by atoms with E-state index < -0.39 is 0 Å². The molecule has 0 radical (unpaired) electrons. The number of hydrogen-bond donors (Lipinski definition) is 0. The molecule has 22 heavy (non-hydrogen) atoms. The van der Waals surface area contributed by atoms with E-state index in [9.17, 15) is 9.59 Å². The van der Waals surface area contributed by atoms with Gasteiger partial charge in [-0.3, -0.25) is 14.5 Å². The summed E-state index contributed by atoms with van der Waals surface area (Å²) in [6.07, 6.45) is 3.93. The molecule has 114 valence electrons. The summed E-state index contributed by atoms with van der Waals surface area (Å²) >= 11 is 0. The monoisotopic (exact) mass is 297 g/mol. The molecule has 1 aromatic heterocycles. The van der Waals surface area contributed by atoms with Crippen LogP contribution in [0, 0.1) is 0 Å². The van der Waals surface area contributed by atoms with Crippen molar-refractivity contribution >= 4 is 11.8 Å². The molecule has 0 aliphatic carbocycles. The fourth-order valence-corrected chi connectivity index (χ4v) is 2.92. The predicted molar refractivity (Wildman–Crippen MR) is 82.2 cm³/mol. The van der Waals surface area contributed by atoms with Crippen LogP contribution >= 0.6 is 0 Å². The Hall–Kier alpha value is -2.36. The van der Waals surface area contributed by atoms with Gasteiger partial charge in [-0.25, -0.2) is 0 Å². The number of rotatable bonds is 6. The Morgan fingerprint density at radius 3 is 2.36 bits per heavy atom. The van der Waals surface area contributed by atoms with Gasteiger partial charge >= 0.3 is 0 Å². The van der Waals surface area contributed by atoms with Crippen LogP contribution in [0.1, 0.15) is 36.5 Å². The average Bonchev–Trinajstić information content (AvgIpc) is 3.16. The van der Waals surface area contributed by atoms with Gasteiger partial charge in [0, 0.05) is 25.3 Å². The van der Waals surface area contributed by atoms with E-state index in [-0.39, 0.29) is 17.7 Å². The zero-order valence-electron chi connectivity index (χ0n) is 12.4. The Morgan fingerprint density at radius 1 is 1.00 bits per heavy atom. The maximum atomic E-state index is 11.7. The summed E-state index contributed by atoms with van der Waals surface area (Å²) < 4.78 is 5.55. The second-order valence-electron chi connectivity index (χ2n) is 5.63. The van der Waals surface area contributed by atoms with Crippen LogP contribution in [0.2, 0.25) is 0 Å². The topological polar surface area (TPSA) is 50.5 Å². The molecule has 1 aromatic carbocycles. The van der Waals surface area contributed by atoms with Crippen LogP contribution in [0.4, 0.5) is 0 Å². The van der Waals surface area contributed by atoms with Gasteiger partial charge in [-0.2, -0.15) is 0 Å². The molecule has 1 aliphatic heterocycles. The zero-order chi connectivity index (χ0) is 15.4. The summed E-state index contributed by atoms with van der Waals surface area (Å²) in [6, 6.07) is 14.0. The zero-order valence-corrected chi connectivity index (χ0v) is 12.4. The van der Waals surface area contributed by atoms with Crippen molar-refractivity contribution in [3.8, 4) is 0 Å². The number of amides is 2. The third kappa shape index (κ3) is 3.27. The lowest BCUT2D eigenvalue weighted by atomic mass is 9.93. The number of carbonyl (C=O) groups excluding carboxylic acids is 2. The number of likely N-dealkylation sites (tertiary alicyclic amines) is 1.